The van der Waals surface area contributed by atoms with E-state index in [9.17, 15) is 4.79 Å². The number of carbonyl (C=O) groups is 1. The van der Waals surface area contributed by atoms with Crippen LogP contribution in [0.5, 0.6) is 17.2 Å². The van der Waals surface area contributed by atoms with Gasteiger partial charge in [-0.3, -0.25) is 4.79 Å². The lowest BCUT2D eigenvalue weighted by molar-refractivity contribution is 0.101. The molecule has 0 radical (unpaired) electrons. The molecule has 0 aliphatic rings. The van der Waals surface area contributed by atoms with E-state index in [1.807, 2.05) is 0 Å². The van der Waals surface area contributed by atoms with Crippen LogP contribution in [-0.2, 0) is 0 Å². The summed E-state index contributed by atoms with van der Waals surface area (Å²) in [6.07, 6.45) is 0. The summed E-state index contributed by atoms with van der Waals surface area (Å²) in [4.78, 5) is 11.7. The van der Waals surface area contributed by atoms with Crippen molar-refractivity contribution in [1.29, 1.82) is 0 Å². The van der Waals surface area contributed by atoms with Gasteiger partial charge >= 0.3 is 0 Å². The third-order valence-corrected chi connectivity index (χ3v) is 2.85. The standard InChI is InChI=1S/C15H13ClO3/c1-10(17)15-13(18-2)4-3-5-14(15)19-12-8-6-11(16)7-9-12/h3-9H,1-2H3. The van der Waals surface area contributed by atoms with Crippen LogP contribution in [-0.4, -0.2) is 12.9 Å². The number of halogens is 1. The Hall–Kier alpha value is -2.00. The van der Waals surface area contributed by atoms with E-state index < -0.39 is 0 Å². The maximum absolute atomic E-state index is 11.7. The molecule has 2 aromatic carbocycles. The number of carbonyl (C=O) groups excluding carboxylic acids is 1. The third kappa shape index (κ3) is 3.06. The highest BCUT2D eigenvalue weighted by molar-refractivity contribution is 6.30. The second-order valence-corrected chi connectivity index (χ2v) is 4.38. The molecule has 0 fully saturated rings. The molecule has 0 heterocycles. The van der Waals surface area contributed by atoms with E-state index in [1.54, 1.807) is 42.5 Å². The van der Waals surface area contributed by atoms with Gasteiger partial charge in [0.2, 0.25) is 0 Å². The first-order valence-corrected chi connectivity index (χ1v) is 6.11. The molecular formula is C15H13ClO3. The lowest BCUT2D eigenvalue weighted by Crippen LogP contribution is -2.00. The largest absolute Gasteiger partial charge is 0.496 e. The zero-order valence-corrected chi connectivity index (χ0v) is 11.4. The van der Waals surface area contributed by atoms with E-state index >= 15 is 0 Å². The van der Waals surface area contributed by atoms with Gasteiger partial charge in [0, 0.05) is 5.02 Å². The average molecular weight is 277 g/mol. The number of rotatable bonds is 4. The summed E-state index contributed by atoms with van der Waals surface area (Å²) in [5, 5.41) is 0.629. The van der Waals surface area contributed by atoms with Gasteiger partial charge in [-0.25, -0.2) is 0 Å². The Morgan fingerprint density at radius 1 is 1.05 bits per heavy atom. The van der Waals surface area contributed by atoms with Gasteiger partial charge in [-0.05, 0) is 43.3 Å². The molecule has 0 N–H and O–H groups in total. The number of methoxy groups -OCH3 is 1. The van der Waals surface area contributed by atoms with Crippen molar-refractivity contribution in [3.05, 3.63) is 53.1 Å². The summed E-state index contributed by atoms with van der Waals surface area (Å²) in [5.74, 6) is 1.47. The van der Waals surface area contributed by atoms with Gasteiger partial charge in [-0.15, -0.1) is 0 Å². The molecule has 2 rings (SSSR count). The normalized spacial score (nSPS) is 10.1. The van der Waals surface area contributed by atoms with Crippen LogP contribution in [0.3, 0.4) is 0 Å². The highest BCUT2D eigenvalue weighted by Gasteiger charge is 2.15. The van der Waals surface area contributed by atoms with Gasteiger partial charge in [0.15, 0.2) is 5.78 Å². The predicted molar refractivity (Wildman–Crippen MR) is 74.5 cm³/mol. The lowest BCUT2D eigenvalue weighted by atomic mass is 10.1. The zero-order chi connectivity index (χ0) is 13.8. The van der Waals surface area contributed by atoms with Crippen LogP contribution >= 0.6 is 11.6 Å². The van der Waals surface area contributed by atoms with Crippen molar-refractivity contribution < 1.29 is 14.3 Å². The number of ether oxygens (including phenoxy) is 2. The van der Waals surface area contributed by atoms with Crippen LogP contribution in [0.1, 0.15) is 17.3 Å². The molecule has 0 aromatic heterocycles. The number of ketones is 1. The van der Waals surface area contributed by atoms with Crippen molar-refractivity contribution in [3.63, 3.8) is 0 Å². The fourth-order valence-corrected chi connectivity index (χ4v) is 1.87. The van der Waals surface area contributed by atoms with Gasteiger partial charge in [0.1, 0.15) is 22.8 Å². The molecule has 2 aromatic rings. The minimum absolute atomic E-state index is 0.110. The fraction of sp³-hybridized carbons (Fsp3) is 0.133. The summed E-state index contributed by atoms with van der Waals surface area (Å²) in [7, 11) is 1.52. The van der Waals surface area contributed by atoms with Crippen LogP contribution < -0.4 is 9.47 Å². The average Bonchev–Trinajstić information content (AvgIpc) is 2.40. The Bertz CT molecular complexity index is 591. The SMILES string of the molecule is COc1cccc(Oc2ccc(Cl)cc2)c1C(C)=O. The molecule has 19 heavy (non-hydrogen) atoms. The van der Waals surface area contributed by atoms with Crippen LogP contribution in [0.25, 0.3) is 0 Å². The molecular weight excluding hydrogens is 264 g/mol. The van der Waals surface area contributed by atoms with Crippen molar-refractivity contribution >= 4 is 17.4 Å². The molecule has 0 spiro atoms. The summed E-state index contributed by atoms with van der Waals surface area (Å²) >= 11 is 5.81. The lowest BCUT2D eigenvalue weighted by Gasteiger charge is -2.12. The first kappa shape index (κ1) is 13.4. The van der Waals surface area contributed by atoms with Gasteiger partial charge in [0.05, 0.1) is 7.11 Å². The van der Waals surface area contributed by atoms with Crippen LogP contribution in [0, 0.1) is 0 Å². The highest BCUT2D eigenvalue weighted by Crippen LogP contribution is 2.32. The summed E-state index contributed by atoms with van der Waals surface area (Å²) in [5.41, 5.74) is 0.431. The molecule has 0 amide bonds. The number of hydrogen-bond acceptors (Lipinski definition) is 3. The van der Waals surface area contributed by atoms with E-state index in [2.05, 4.69) is 0 Å². The molecule has 98 valence electrons. The Labute approximate surface area is 116 Å². The van der Waals surface area contributed by atoms with E-state index in [0.29, 0.717) is 27.8 Å². The van der Waals surface area contributed by atoms with Gasteiger partial charge < -0.3 is 9.47 Å². The number of hydrogen-bond donors (Lipinski definition) is 0. The summed E-state index contributed by atoms with van der Waals surface area (Å²) in [6, 6.07) is 12.2. The molecule has 0 aliphatic heterocycles. The topological polar surface area (TPSA) is 35.5 Å². The quantitative estimate of drug-likeness (QED) is 0.779. The monoisotopic (exact) mass is 276 g/mol. The van der Waals surface area contributed by atoms with E-state index in [1.165, 1.54) is 14.0 Å². The zero-order valence-electron chi connectivity index (χ0n) is 10.6. The van der Waals surface area contributed by atoms with Crippen molar-refractivity contribution in [2.45, 2.75) is 6.92 Å². The molecule has 0 saturated heterocycles. The number of Topliss-reactive ketones (excluding diaryl/α,β-unsaturated/α-hetero) is 1. The second-order valence-electron chi connectivity index (χ2n) is 3.95. The Kier molecular flexibility index (Phi) is 4.07. The Morgan fingerprint density at radius 2 is 1.68 bits per heavy atom. The van der Waals surface area contributed by atoms with E-state index in [0.717, 1.165) is 0 Å². The summed E-state index contributed by atoms with van der Waals surface area (Å²) < 4.78 is 10.9. The van der Waals surface area contributed by atoms with Crippen molar-refractivity contribution in [3.8, 4) is 17.2 Å². The predicted octanol–water partition coefficient (Wildman–Crippen LogP) is 4.34. The Balaban J connectivity index is 2.39. The first-order chi connectivity index (χ1) is 9.11. The van der Waals surface area contributed by atoms with Crippen molar-refractivity contribution in [1.82, 2.24) is 0 Å². The Morgan fingerprint density at radius 3 is 2.26 bits per heavy atom. The second kappa shape index (κ2) is 5.76. The summed E-state index contributed by atoms with van der Waals surface area (Å²) in [6.45, 7) is 1.48. The molecule has 0 bridgehead atoms. The van der Waals surface area contributed by atoms with E-state index in [4.69, 9.17) is 21.1 Å². The number of benzene rings is 2. The van der Waals surface area contributed by atoms with Crippen molar-refractivity contribution in [2.24, 2.45) is 0 Å². The molecule has 4 heteroatoms. The van der Waals surface area contributed by atoms with Crippen LogP contribution in [0.15, 0.2) is 42.5 Å². The molecule has 0 saturated carbocycles. The van der Waals surface area contributed by atoms with E-state index in [-0.39, 0.29) is 5.78 Å². The fourth-order valence-electron chi connectivity index (χ4n) is 1.74. The van der Waals surface area contributed by atoms with Gasteiger partial charge in [0.25, 0.3) is 0 Å². The van der Waals surface area contributed by atoms with Gasteiger partial charge in [-0.2, -0.15) is 0 Å². The molecule has 3 nitrogen and oxygen atoms in total. The molecule has 0 atom stereocenters. The maximum atomic E-state index is 11.7. The minimum Gasteiger partial charge on any atom is -0.496 e. The van der Waals surface area contributed by atoms with Crippen LogP contribution in [0.4, 0.5) is 0 Å². The van der Waals surface area contributed by atoms with Gasteiger partial charge in [-0.1, -0.05) is 17.7 Å². The maximum Gasteiger partial charge on any atom is 0.167 e. The molecule has 0 unspecified atom stereocenters. The van der Waals surface area contributed by atoms with Crippen molar-refractivity contribution in [2.75, 3.05) is 7.11 Å². The highest BCUT2D eigenvalue weighted by atomic mass is 35.5. The molecule has 0 aliphatic carbocycles. The smallest absolute Gasteiger partial charge is 0.167 e. The first-order valence-electron chi connectivity index (χ1n) is 5.73. The van der Waals surface area contributed by atoms with Crippen LogP contribution in [0.2, 0.25) is 5.02 Å². The third-order valence-electron chi connectivity index (χ3n) is 2.60. The minimum atomic E-state index is -0.110.